The molecule has 3 heterocycles. The molecular formula is C23H21F3N6O2. The first-order chi connectivity index (χ1) is 16.1. The number of alkyl halides is 3. The number of carbonyl (C=O) groups excluding carboxylic acids is 2. The molecule has 0 aliphatic carbocycles. The summed E-state index contributed by atoms with van der Waals surface area (Å²) >= 11 is 0. The molecule has 3 N–H and O–H groups in total. The highest BCUT2D eigenvalue weighted by molar-refractivity contribution is 5.97. The maximum atomic E-state index is 12.8. The number of hydrogen-bond donors (Lipinski definition) is 3. The Morgan fingerprint density at radius 3 is 2.53 bits per heavy atom. The van der Waals surface area contributed by atoms with Crippen LogP contribution in [0.5, 0.6) is 0 Å². The summed E-state index contributed by atoms with van der Waals surface area (Å²) in [5, 5.41) is 5.05. The average molecular weight is 470 g/mol. The van der Waals surface area contributed by atoms with E-state index in [-0.39, 0.29) is 23.7 Å². The van der Waals surface area contributed by atoms with Crippen molar-refractivity contribution in [3.63, 3.8) is 0 Å². The minimum Gasteiger partial charge on any atom is -0.361 e. The summed E-state index contributed by atoms with van der Waals surface area (Å²) in [5.74, 6) is -1.09. The lowest BCUT2D eigenvalue weighted by molar-refractivity contribution is -0.137. The first kappa shape index (κ1) is 23.0. The average Bonchev–Trinajstić information content (AvgIpc) is 3.42. The number of fused-ring (bicyclic) bond motifs is 1. The summed E-state index contributed by atoms with van der Waals surface area (Å²) in [6, 6.07) is 9.64. The van der Waals surface area contributed by atoms with Gasteiger partial charge in [-0.3, -0.25) is 20.4 Å². The Morgan fingerprint density at radius 1 is 1.09 bits per heavy atom. The van der Waals surface area contributed by atoms with E-state index in [1.54, 1.807) is 6.20 Å². The fraction of sp³-hybridized carbons (Fsp3) is 0.217. The van der Waals surface area contributed by atoms with Gasteiger partial charge < -0.3 is 4.98 Å². The topological polar surface area (TPSA) is 105 Å². The van der Waals surface area contributed by atoms with Gasteiger partial charge in [0.2, 0.25) is 5.91 Å². The van der Waals surface area contributed by atoms with Gasteiger partial charge in [-0.05, 0) is 29.7 Å². The SMILES string of the molecule is CC(C)c1c(C(=O)NNC(=O)Cc2c[nH]c3ccccc23)cnn1-c1ccc(C(F)(F)F)cn1. The zero-order valence-corrected chi connectivity index (χ0v) is 18.3. The van der Waals surface area contributed by atoms with Gasteiger partial charge in [0.05, 0.1) is 29.4 Å². The number of hydrogen-bond acceptors (Lipinski definition) is 4. The third kappa shape index (κ3) is 4.63. The molecule has 0 saturated heterocycles. The molecule has 176 valence electrons. The number of aromatic nitrogens is 4. The van der Waals surface area contributed by atoms with Crippen LogP contribution in [0.1, 0.15) is 46.9 Å². The van der Waals surface area contributed by atoms with Crippen LogP contribution in [-0.4, -0.2) is 31.6 Å². The Morgan fingerprint density at radius 2 is 1.85 bits per heavy atom. The number of nitrogens with zero attached hydrogens (tertiary/aromatic N) is 3. The number of amides is 2. The highest BCUT2D eigenvalue weighted by Gasteiger charge is 2.31. The van der Waals surface area contributed by atoms with Gasteiger partial charge in [0, 0.05) is 23.3 Å². The summed E-state index contributed by atoms with van der Waals surface area (Å²) in [6.07, 6.45) is -0.714. The number of H-pyrrole nitrogens is 1. The van der Waals surface area contributed by atoms with Crippen LogP contribution in [0.3, 0.4) is 0 Å². The van der Waals surface area contributed by atoms with Crippen molar-refractivity contribution in [3.8, 4) is 5.82 Å². The third-order valence-electron chi connectivity index (χ3n) is 5.23. The number of hydrazine groups is 1. The highest BCUT2D eigenvalue weighted by atomic mass is 19.4. The van der Waals surface area contributed by atoms with Gasteiger partial charge >= 0.3 is 6.18 Å². The molecule has 0 radical (unpaired) electrons. The van der Waals surface area contributed by atoms with Crippen LogP contribution in [0.25, 0.3) is 16.7 Å². The van der Waals surface area contributed by atoms with Crippen molar-refractivity contribution in [1.29, 1.82) is 0 Å². The number of benzene rings is 1. The van der Waals surface area contributed by atoms with Crippen molar-refractivity contribution in [2.45, 2.75) is 32.4 Å². The highest BCUT2D eigenvalue weighted by Crippen LogP contribution is 2.29. The molecule has 3 aromatic heterocycles. The lowest BCUT2D eigenvalue weighted by Crippen LogP contribution is -2.42. The molecule has 34 heavy (non-hydrogen) atoms. The van der Waals surface area contributed by atoms with Crippen molar-refractivity contribution in [1.82, 2.24) is 30.6 Å². The Labute approximate surface area is 192 Å². The van der Waals surface area contributed by atoms with E-state index in [0.717, 1.165) is 22.5 Å². The summed E-state index contributed by atoms with van der Waals surface area (Å²) in [4.78, 5) is 32.1. The molecule has 0 spiro atoms. The number of carbonyl (C=O) groups is 2. The summed E-state index contributed by atoms with van der Waals surface area (Å²) in [6.45, 7) is 3.62. The van der Waals surface area contributed by atoms with E-state index in [1.165, 1.54) is 16.9 Å². The Balaban J connectivity index is 1.48. The second-order valence-corrected chi connectivity index (χ2v) is 7.95. The molecule has 0 unspecified atom stereocenters. The number of pyridine rings is 1. The molecule has 1 aromatic carbocycles. The number of halogens is 3. The molecule has 4 aromatic rings. The Hall–Kier alpha value is -4.15. The van der Waals surface area contributed by atoms with Crippen LogP contribution in [0, 0.1) is 0 Å². The largest absolute Gasteiger partial charge is 0.417 e. The molecule has 11 heteroatoms. The normalized spacial score (nSPS) is 11.7. The Bertz CT molecular complexity index is 1340. The molecule has 2 amide bonds. The molecule has 0 fully saturated rings. The van der Waals surface area contributed by atoms with Crippen LogP contribution in [0.15, 0.2) is 55.0 Å². The van der Waals surface area contributed by atoms with E-state index in [1.807, 2.05) is 38.1 Å². The molecule has 0 saturated carbocycles. The molecule has 0 aliphatic rings. The molecule has 8 nitrogen and oxygen atoms in total. The minimum atomic E-state index is -4.51. The van der Waals surface area contributed by atoms with Crippen molar-refractivity contribution in [2.24, 2.45) is 0 Å². The van der Waals surface area contributed by atoms with Gasteiger partial charge in [-0.25, -0.2) is 9.67 Å². The molecular weight excluding hydrogens is 449 g/mol. The summed E-state index contributed by atoms with van der Waals surface area (Å²) < 4.78 is 39.8. The molecule has 0 aliphatic heterocycles. The standard InChI is InChI=1S/C23H21F3N6O2/c1-13(2)21-17(12-29-32(21)19-8-7-15(11-28-19)23(24,25)26)22(34)31-30-20(33)9-14-10-27-18-6-4-3-5-16(14)18/h3-8,10-13,27H,9H2,1-2H3,(H,30,33)(H,31,34). The van der Waals surface area contributed by atoms with Crippen molar-refractivity contribution in [3.05, 3.63) is 77.4 Å². The maximum absolute atomic E-state index is 12.8. The van der Waals surface area contributed by atoms with Gasteiger partial charge in [-0.2, -0.15) is 18.3 Å². The van der Waals surface area contributed by atoms with E-state index in [2.05, 4.69) is 25.9 Å². The lowest BCUT2D eigenvalue weighted by Gasteiger charge is -2.13. The number of para-hydroxylation sites is 1. The minimum absolute atomic E-state index is 0.0517. The lowest BCUT2D eigenvalue weighted by atomic mass is 10.1. The number of aromatic amines is 1. The summed E-state index contributed by atoms with van der Waals surface area (Å²) in [5.41, 5.74) is 6.18. The van der Waals surface area contributed by atoms with Gasteiger partial charge in [-0.15, -0.1) is 0 Å². The van der Waals surface area contributed by atoms with Crippen LogP contribution in [0.4, 0.5) is 13.2 Å². The smallest absolute Gasteiger partial charge is 0.361 e. The molecule has 0 atom stereocenters. The predicted molar refractivity (Wildman–Crippen MR) is 118 cm³/mol. The van der Waals surface area contributed by atoms with Gasteiger partial charge in [-0.1, -0.05) is 32.0 Å². The number of rotatable bonds is 5. The fourth-order valence-electron chi connectivity index (χ4n) is 3.64. The van der Waals surface area contributed by atoms with Crippen LogP contribution in [0.2, 0.25) is 0 Å². The van der Waals surface area contributed by atoms with Crippen LogP contribution in [-0.2, 0) is 17.4 Å². The zero-order valence-electron chi connectivity index (χ0n) is 18.3. The van der Waals surface area contributed by atoms with Crippen LogP contribution >= 0.6 is 0 Å². The monoisotopic (exact) mass is 470 g/mol. The van der Waals surface area contributed by atoms with Crippen LogP contribution < -0.4 is 10.9 Å². The quantitative estimate of drug-likeness (QED) is 0.385. The van der Waals surface area contributed by atoms with Gasteiger partial charge in [0.25, 0.3) is 5.91 Å². The Kier molecular flexibility index (Phi) is 6.10. The van der Waals surface area contributed by atoms with Crippen molar-refractivity contribution < 1.29 is 22.8 Å². The first-order valence-electron chi connectivity index (χ1n) is 10.4. The second kappa shape index (κ2) is 9.00. The molecule has 0 bridgehead atoms. The number of nitrogens with one attached hydrogen (secondary N) is 3. The molecule has 4 rings (SSSR count). The second-order valence-electron chi connectivity index (χ2n) is 7.95. The van der Waals surface area contributed by atoms with E-state index < -0.39 is 23.6 Å². The zero-order chi connectivity index (χ0) is 24.5. The fourth-order valence-corrected chi connectivity index (χ4v) is 3.64. The predicted octanol–water partition coefficient (Wildman–Crippen LogP) is 3.89. The van der Waals surface area contributed by atoms with Crippen molar-refractivity contribution >= 4 is 22.7 Å². The summed E-state index contributed by atoms with van der Waals surface area (Å²) in [7, 11) is 0. The maximum Gasteiger partial charge on any atom is 0.417 e. The first-order valence-corrected chi connectivity index (χ1v) is 10.4. The van der Waals surface area contributed by atoms with E-state index >= 15 is 0 Å². The van der Waals surface area contributed by atoms with E-state index in [4.69, 9.17) is 0 Å². The van der Waals surface area contributed by atoms with Gasteiger partial charge in [0.15, 0.2) is 5.82 Å². The van der Waals surface area contributed by atoms with E-state index in [0.29, 0.717) is 11.9 Å². The van der Waals surface area contributed by atoms with E-state index in [9.17, 15) is 22.8 Å². The van der Waals surface area contributed by atoms with Crippen molar-refractivity contribution in [2.75, 3.05) is 0 Å². The third-order valence-corrected chi connectivity index (χ3v) is 5.23. The van der Waals surface area contributed by atoms with Gasteiger partial charge in [0.1, 0.15) is 0 Å².